The van der Waals surface area contributed by atoms with Gasteiger partial charge in [-0.3, -0.25) is 4.79 Å². The van der Waals surface area contributed by atoms with Gasteiger partial charge in [0, 0.05) is 13.0 Å². The number of hydrogen-bond acceptors (Lipinski definition) is 7. The van der Waals surface area contributed by atoms with Crippen LogP contribution in [0.2, 0.25) is 0 Å². The summed E-state index contributed by atoms with van der Waals surface area (Å²) in [5, 5.41) is 5.16. The van der Waals surface area contributed by atoms with Crippen molar-refractivity contribution in [3.8, 4) is 16.9 Å². The largest absolute Gasteiger partial charge is 0.484 e. The molecule has 3 aromatic rings. The van der Waals surface area contributed by atoms with Crippen molar-refractivity contribution in [2.75, 3.05) is 20.3 Å². The fourth-order valence-corrected chi connectivity index (χ4v) is 4.91. The Balaban J connectivity index is 1.38. The van der Waals surface area contributed by atoms with E-state index in [0.29, 0.717) is 11.3 Å². The van der Waals surface area contributed by atoms with Gasteiger partial charge in [0.05, 0.1) is 11.7 Å². The molecule has 0 fully saturated rings. The number of carbonyl (C=O) groups excluding carboxylic acids is 3. The molecule has 2 amide bonds. The molecule has 9 heteroatoms. The highest BCUT2D eigenvalue weighted by Gasteiger charge is 2.34. The van der Waals surface area contributed by atoms with E-state index in [9.17, 15) is 14.4 Å². The fraction of sp³-hybridized carbons (Fsp3) is 0.364. The van der Waals surface area contributed by atoms with Crippen LogP contribution in [0.3, 0.4) is 0 Å². The van der Waals surface area contributed by atoms with Gasteiger partial charge in [-0.2, -0.15) is 0 Å². The number of nitrogens with one attached hydrogen (secondary N) is 2. The van der Waals surface area contributed by atoms with Gasteiger partial charge in [0.2, 0.25) is 0 Å². The molecule has 3 aromatic carbocycles. The molecule has 0 heterocycles. The molecule has 0 spiro atoms. The molecule has 0 saturated carbocycles. The first kappa shape index (κ1) is 30.6. The second kappa shape index (κ2) is 13.5. The third-order valence-electron chi connectivity index (χ3n) is 6.83. The standard InChI is InChI=1S/C33H38N2O7/c1-21(42-33(2,3)4)30(31(37)40-18-22-14-16-23(17-15-22)39-20-29(36)34-5)35-32(38)41-19-28-26-12-8-6-10-24(26)25-11-7-9-13-27(25)28/h6-17,21,28,30H,18-20H2,1-5H3,(H,34,36)(H,35,38)/t21-,30+/m1/s1. The minimum atomic E-state index is -1.10. The second-order valence-corrected chi connectivity index (χ2v) is 11.1. The van der Waals surface area contributed by atoms with Gasteiger partial charge in [0.25, 0.3) is 5.91 Å². The molecule has 222 valence electrons. The molecule has 0 radical (unpaired) electrons. The Morgan fingerprint density at radius 3 is 2.02 bits per heavy atom. The zero-order valence-electron chi connectivity index (χ0n) is 24.6. The number of likely N-dealkylation sites (N-methyl/N-ethyl adjacent to an activating group) is 1. The summed E-state index contributed by atoms with van der Waals surface area (Å²) < 4.78 is 22.6. The summed E-state index contributed by atoms with van der Waals surface area (Å²) >= 11 is 0. The highest BCUT2D eigenvalue weighted by Crippen LogP contribution is 2.44. The average molecular weight is 575 g/mol. The van der Waals surface area contributed by atoms with Gasteiger partial charge >= 0.3 is 12.1 Å². The van der Waals surface area contributed by atoms with Crippen LogP contribution in [0.15, 0.2) is 72.8 Å². The molecule has 1 aliphatic carbocycles. The normalized spacial score (nSPS) is 13.7. The van der Waals surface area contributed by atoms with E-state index in [1.165, 1.54) is 7.05 Å². The number of benzene rings is 3. The minimum Gasteiger partial charge on any atom is -0.484 e. The Labute approximate surface area is 246 Å². The van der Waals surface area contributed by atoms with Gasteiger partial charge in [0.1, 0.15) is 19.0 Å². The number of amides is 2. The topological polar surface area (TPSA) is 112 Å². The number of esters is 1. The van der Waals surface area contributed by atoms with Crippen LogP contribution in [0.1, 0.15) is 50.3 Å². The maximum absolute atomic E-state index is 13.2. The molecule has 0 saturated heterocycles. The SMILES string of the molecule is CNC(=O)COc1ccc(COC(=O)[C@@H](NC(=O)OCC2c3ccccc3-c3ccccc32)[C@@H](C)OC(C)(C)C)cc1. The zero-order valence-corrected chi connectivity index (χ0v) is 24.6. The van der Waals surface area contributed by atoms with E-state index in [-0.39, 0.29) is 31.6 Å². The van der Waals surface area contributed by atoms with Gasteiger partial charge in [-0.1, -0.05) is 60.7 Å². The van der Waals surface area contributed by atoms with Crippen LogP contribution in [-0.4, -0.2) is 56.0 Å². The highest BCUT2D eigenvalue weighted by molar-refractivity contribution is 5.82. The van der Waals surface area contributed by atoms with Crippen molar-refractivity contribution in [1.82, 2.24) is 10.6 Å². The highest BCUT2D eigenvalue weighted by atomic mass is 16.6. The summed E-state index contributed by atoms with van der Waals surface area (Å²) in [4.78, 5) is 37.6. The predicted molar refractivity (Wildman–Crippen MR) is 158 cm³/mol. The summed E-state index contributed by atoms with van der Waals surface area (Å²) in [6, 6.07) is 21.9. The lowest BCUT2D eigenvalue weighted by Gasteiger charge is -2.30. The van der Waals surface area contributed by atoms with E-state index in [1.54, 1.807) is 31.2 Å². The second-order valence-electron chi connectivity index (χ2n) is 11.1. The summed E-state index contributed by atoms with van der Waals surface area (Å²) in [5.41, 5.74) is 4.59. The smallest absolute Gasteiger partial charge is 0.407 e. The molecule has 0 aromatic heterocycles. The molecule has 0 aliphatic heterocycles. The number of hydrogen-bond donors (Lipinski definition) is 2. The summed E-state index contributed by atoms with van der Waals surface area (Å²) in [5.74, 6) is -0.495. The van der Waals surface area contributed by atoms with Crippen LogP contribution < -0.4 is 15.4 Å². The summed E-state index contributed by atoms with van der Waals surface area (Å²) in [7, 11) is 1.53. The zero-order chi connectivity index (χ0) is 30.3. The summed E-state index contributed by atoms with van der Waals surface area (Å²) in [6.07, 6.45) is -1.43. The quantitative estimate of drug-likeness (QED) is 0.311. The molecular formula is C33H38N2O7. The van der Waals surface area contributed by atoms with Crippen molar-refractivity contribution in [2.45, 2.75) is 58.0 Å². The molecule has 42 heavy (non-hydrogen) atoms. The molecule has 2 atom stereocenters. The van der Waals surface area contributed by atoms with Crippen molar-refractivity contribution in [3.05, 3.63) is 89.5 Å². The van der Waals surface area contributed by atoms with Gasteiger partial charge in [-0.15, -0.1) is 0 Å². The number of fused-ring (bicyclic) bond motifs is 3. The van der Waals surface area contributed by atoms with E-state index in [4.69, 9.17) is 18.9 Å². The third kappa shape index (κ3) is 7.88. The molecule has 0 unspecified atom stereocenters. The first-order valence-electron chi connectivity index (χ1n) is 13.9. The van der Waals surface area contributed by atoms with Crippen LogP contribution in [0.5, 0.6) is 5.75 Å². The maximum atomic E-state index is 13.2. The number of alkyl carbamates (subject to hydrolysis) is 1. The molecular weight excluding hydrogens is 536 g/mol. The van der Waals surface area contributed by atoms with Gasteiger partial charge < -0.3 is 29.6 Å². The van der Waals surface area contributed by atoms with Gasteiger partial charge in [-0.25, -0.2) is 9.59 Å². The average Bonchev–Trinajstić information content (AvgIpc) is 3.29. The monoisotopic (exact) mass is 574 g/mol. The first-order chi connectivity index (χ1) is 20.1. The fourth-order valence-electron chi connectivity index (χ4n) is 4.91. The van der Waals surface area contributed by atoms with Crippen LogP contribution in [0.4, 0.5) is 4.79 Å². The Kier molecular flexibility index (Phi) is 9.85. The lowest BCUT2D eigenvalue weighted by atomic mass is 9.98. The molecule has 2 N–H and O–H groups in total. The first-order valence-corrected chi connectivity index (χ1v) is 13.9. The molecule has 4 rings (SSSR count). The Bertz CT molecular complexity index is 1350. The molecule has 0 bridgehead atoms. The van der Waals surface area contributed by atoms with Crippen LogP contribution in [0.25, 0.3) is 11.1 Å². The lowest BCUT2D eigenvalue weighted by Crippen LogP contribution is -2.51. The Morgan fingerprint density at radius 2 is 1.45 bits per heavy atom. The Morgan fingerprint density at radius 1 is 0.857 bits per heavy atom. The predicted octanol–water partition coefficient (Wildman–Crippen LogP) is 4.97. The summed E-state index contributed by atoms with van der Waals surface area (Å²) in [6.45, 7) is 7.30. The van der Waals surface area contributed by atoms with E-state index < -0.39 is 29.8 Å². The third-order valence-corrected chi connectivity index (χ3v) is 6.83. The van der Waals surface area contributed by atoms with E-state index in [0.717, 1.165) is 22.3 Å². The molecule has 9 nitrogen and oxygen atoms in total. The van der Waals surface area contributed by atoms with E-state index in [2.05, 4.69) is 22.8 Å². The van der Waals surface area contributed by atoms with Crippen molar-refractivity contribution in [3.63, 3.8) is 0 Å². The van der Waals surface area contributed by atoms with Crippen molar-refractivity contribution >= 4 is 18.0 Å². The van der Waals surface area contributed by atoms with Crippen molar-refractivity contribution in [2.24, 2.45) is 0 Å². The van der Waals surface area contributed by atoms with Crippen LogP contribution in [0, 0.1) is 0 Å². The maximum Gasteiger partial charge on any atom is 0.407 e. The number of carbonyl (C=O) groups is 3. The van der Waals surface area contributed by atoms with Crippen LogP contribution in [-0.2, 0) is 30.4 Å². The Hall–Kier alpha value is -4.37. The van der Waals surface area contributed by atoms with Crippen LogP contribution >= 0.6 is 0 Å². The lowest BCUT2D eigenvalue weighted by molar-refractivity contribution is -0.155. The minimum absolute atomic E-state index is 0.0281. The van der Waals surface area contributed by atoms with Crippen molar-refractivity contribution in [1.29, 1.82) is 0 Å². The molecule has 1 aliphatic rings. The van der Waals surface area contributed by atoms with Gasteiger partial charge in [0.15, 0.2) is 12.6 Å². The van der Waals surface area contributed by atoms with Gasteiger partial charge in [-0.05, 0) is 67.6 Å². The van der Waals surface area contributed by atoms with Crippen molar-refractivity contribution < 1.29 is 33.3 Å². The van der Waals surface area contributed by atoms with E-state index in [1.807, 2.05) is 57.2 Å². The number of rotatable bonds is 11. The van der Waals surface area contributed by atoms with E-state index >= 15 is 0 Å². The number of ether oxygens (including phenoxy) is 4.